The Kier molecular flexibility index (Phi) is 7.48. The second kappa shape index (κ2) is 9.12. The molecular weight excluding hydrogens is 258 g/mol. The molecule has 3 atom stereocenters. The highest BCUT2D eigenvalue weighted by molar-refractivity contribution is 4.89. The molecule has 1 N–H and O–H groups in total. The maximum atomic E-state index is 3.68. The molecule has 2 rings (SSSR count). The number of hydrogen-bond donors (Lipinski definition) is 1. The van der Waals surface area contributed by atoms with Gasteiger partial charge in [-0.1, -0.05) is 13.8 Å². The number of fused-ring (bicyclic) bond motifs is 1. The van der Waals surface area contributed by atoms with Crippen LogP contribution in [0.5, 0.6) is 0 Å². The van der Waals surface area contributed by atoms with Crippen molar-refractivity contribution in [2.75, 3.05) is 39.8 Å². The number of nitrogens with one attached hydrogen (secondary N) is 1. The zero-order valence-corrected chi connectivity index (χ0v) is 14.6. The third-order valence-corrected chi connectivity index (χ3v) is 5.63. The number of hydrogen-bond acceptors (Lipinski definition) is 3. The molecular formula is C18H37N3. The van der Waals surface area contributed by atoms with Crippen LogP contribution in [-0.4, -0.2) is 61.7 Å². The Bertz CT molecular complexity index is 282. The lowest BCUT2D eigenvalue weighted by Gasteiger charge is -2.46. The molecule has 0 amide bonds. The fourth-order valence-corrected chi connectivity index (χ4v) is 4.29. The van der Waals surface area contributed by atoms with Crippen LogP contribution in [0.25, 0.3) is 0 Å². The van der Waals surface area contributed by atoms with Crippen LogP contribution in [0.4, 0.5) is 0 Å². The zero-order valence-electron chi connectivity index (χ0n) is 14.6. The summed E-state index contributed by atoms with van der Waals surface area (Å²) in [5, 5.41) is 3.68. The van der Waals surface area contributed by atoms with Crippen molar-refractivity contribution >= 4 is 0 Å². The minimum absolute atomic E-state index is 0.739. The minimum Gasteiger partial charge on any atom is -0.314 e. The van der Waals surface area contributed by atoms with E-state index >= 15 is 0 Å². The molecule has 0 aromatic heterocycles. The van der Waals surface area contributed by atoms with Crippen LogP contribution in [0, 0.1) is 5.92 Å². The van der Waals surface area contributed by atoms with Crippen LogP contribution in [0.2, 0.25) is 0 Å². The van der Waals surface area contributed by atoms with Crippen molar-refractivity contribution < 1.29 is 0 Å². The molecule has 0 aromatic rings. The third kappa shape index (κ3) is 5.22. The monoisotopic (exact) mass is 295 g/mol. The van der Waals surface area contributed by atoms with E-state index in [9.17, 15) is 0 Å². The lowest BCUT2D eigenvalue weighted by atomic mass is 9.84. The molecule has 2 saturated heterocycles. The number of rotatable bonds is 8. The lowest BCUT2D eigenvalue weighted by Crippen LogP contribution is -2.52. The van der Waals surface area contributed by atoms with Crippen molar-refractivity contribution in [2.45, 2.75) is 70.9 Å². The largest absolute Gasteiger partial charge is 0.314 e. The maximum absolute atomic E-state index is 3.68. The summed E-state index contributed by atoms with van der Waals surface area (Å²) in [5.74, 6) is 0.942. The van der Waals surface area contributed by atoms with Crippen LogP contribution < -0.4 is 5.32 Å². The van der Waals surface area contributed by atoms with Gasteiger partial charge in [-0.3, -0.25) is 0 Å². The molecule has 0 bridgehead atoms. The van der Waals surface area contributed by atoms with Gasteiger partial charge in [-0.2, -0.15) is 0 Å². The quantitative estimate of drug-likeness (QED) is 0.743. The van der Waals surface area contributed by atoms with Gasteiger partial charge in [0.15, 0.2) is 0 Å². The second-order valence-electron chi connectivity index (χ2n) is 7.24. The molecule has 0 aromatic carbocycles. The normalized spacial score (nSPS) is 29.3. The van der Waals surface area contributed by atoms with Gasteiger partial charge in [0.1, 0.15) is 0 Å². The maximum Gasteiger partial charge on any atom is 0.0145 e. The summed E-state index contributed by atoms with van der Waals surface area (Å²) in [5.41, 5.74) is 0. The molecule has 0 spiro atoms. The van der Waals surface area contributed by atoms with E-state index in [1.165, 1.54) is 77.7 Å². The first-order valence-electron chi connectivity index (χ1n) is 9.40. The Hall–Kier alpha value is -0.120. The average molecular weight is 296 g/mol. The van der Waals surface area contributed by atoms with Gasteiger partial charge >= 0.3 is 0 Å². The molecule has 2 fully saturated rings. The van der Waals surface area contributed by atoms with Crippen LogP contribution >= 0.6 is 0 Å². The fourth-order valence-electron chi connectivity index (χ4n) is 4.29. The van der Waals surface area contributed by atoms with E-state index in [1.54, 1.807) is 0 Å². The van der Waals surface area contributed by atoms with Gasteiger partial charge < -0.3 is 15.1 Å². The molecule has 124 valence electrons. The van der Waals surface area contributed by atoms with Gasteiger partial charge in [-0.15, -0.1) is 0 Å². The Balaban J connectivity index is 1.65. The molecule has 3 unspecified atom stereocenters. The minimum atomic E-state index is 0.739. The smallest absolute Gasteiger partial charge is 0.0145 e. The van der Waals surface area contributed by atoms with Crippen LogP contribution in [0.1, 0.15) is 58.8 Å². The molecule has 0 saturated carbocycles. The SMILES string of the molecule is CCCNC(CC)CCCN1CCC2C(CCCN2C)C1. The molecule has 0 radical (unpaired) electrons. The van der Waals surface area contributed by atoms with Gasteiger partial charge in [-0.05, 0) is 84.1 Å². The van der Waals surface area contributed by atoms with E-state index in [0.717, 1.165) is 18.0 Å². The first-order valence-corrected chi connectivity index (χ1v) is 9.40. The van der Waals surface area contributed by atoms with E-state index in [2.05, 4.69) is 36.0 Å². The van der Waals surface area contributed by atoms with Gasteiger partial charge in [0, 0.05) is 18.6 Å². The van der Waals surface area contributed by atoms with Crippen molar-refractivity contribution in [3.63, 3.8) is 0 Å². The van der Waals surface area contributed by atoms with E-state index in [-0.39, 0.29) is 0 Å². The first kappa shape index (κ1) is 17.2. The van der Waals surface area contributed by atoms with E-state index in [1.807, 2.05) is 0 Å². The Morgan fingerprint density at radius 1 is 1.19 bits per heavy atom. The van der Waals surface area contributed by atoms with Gasteiger partial charge in [0.05, 0.1) is 0 Å². The van der Waals surface area contributed by atoms with Crippen LogP contribution in [-0.2, 0) is 0 Å². The summed E-state index contributed by atoms with van der Waals surface area (Å²) in [6.45, 7) is 11.1. The Morgan fingerprint density at radius 3 is 2.81 bits per heavy atom. The van der Waals surface area contributed by atoms with Crippen molar-refractivity contribution in [3.8, 4) is 0 Å². The molecule has 21 heavy (non-hydrogen) atoms. The van der Waals surface area contributed by atoms with E-state index in [0.29, 0.717) is 0 Å². The highest BCUT2D eigenvalue weighted by atomic mass is 15.2. The zero-order chi connectivity index (χ0) is 15.1. The van der Waals surface area contributed by atoms with Gasteiger partial charge in [0.2, 0.25) is 0 Å². The highest BCUT2D eigenvalue weighted by Gasteiger charge is 2.33. The van der Waals surface area contributed by atoms with Crippen LogP contribution in [0.3, 0.4) is 0 Å². The lowest BCUT2D eigenvalue weighted by molar-refractivity contribution is 0.0378. The van der Waals surface area contributed by atoms with E-state index < -0.39 is 0 Å². The van der Waals surface area contributed by atoms with E-state index in [4.69, 9.17) is 0 Å². The average Bonchev–Trinajstić information content (AvgIpc) is 2.51. The third-order valence-electron chi connectivity index (χ3n) is 5.63. The van der Waals surface area contributed by atoms with Crippen molar-refractivity contribution in [1.82, 2.24) is 15.1 Å². The summed E-state index contributed by atoms with van der Waals surface area (Å²) < 4.78 is 0. The van der Waals surface area contributed by atoms with Gasteiger partial charge in [-0.25, -0.2) is 0 Å². The number of likely N-dealkylation sites (tertiary alicyclic amines) is 2. The van der Waals surface area contributed by atoms with Crippen molar-refractivity contribution in [1.29, 1.82) is 0 Å². The molecule has 3 heteroatoms. The van der Waals surface area contributed by atoms with Gasteiger partial charge in [0.25, 0.3) is 0 Å². The summed E-state index contributed by atoms with van der Waals surface area (Å²) >= 11 is 0. The van der Waals surface area contributed by atoms with Crippen molar-refractivity contribution in [2.24, 2.45) is 5.92 Å². The highest BCUT2D eigenvalue weighted by Crippen LogP contribution is 2.29. The summed E-state index contributed by atoms with van der Waals surface area (Å²) in [4.78, 5) is 5.36. The molecule has 3 nitrogen and oxygen atoms in total. The Labute approximate surface area is 132 Å². The standard InChI is InChI=1S/C18H37N3/c1-4-11-19-17(5-2)9-7-13-21-14-10-18-16(15-21)8-6-12-20(18)3/h16-19H,4-15H2,1-3H3. The predicted molar refractivity (Wildman–Crippen MR) is 91.8 cm³/mol. The first-order chi connectivity index (χ1) is 10.2. The Morgan fingerprint density at radius 2 is 2.05 bits per heavy atom. The molecule has 2 heterocycles. The summed E-state index contributed by atoms with van der Waals surface area (Å²) in [6, 6.07) is 1.62. The number of nitrogens with zero attached hydrogens (tertiary/aromatic N) is 2. The fraction of sp³-hybridized carbons (Fsp3) is 1.00. The number of piperidine rings is 2. The summed E-state index contributed by atoms with van der Waals surface area (Å²) in [7, 11) is 2.33. The molecule has 2 aliphatic heterocycles. The summed E-state index contributed by atoms with van der Waals surface area (Å²) in [6.07, 6.45) is 9.50. The topological polar surface area (TPSA) is 18.5 Å². The molecule has 0 aliphatic carbocycles. The van der Waals surface area contributed by atoms with Crippen molar-refractivity contribution in [3.05, 3.63) is 0 Å². The van der Waals surface area contributed by atoms with Crippen LogP contribution in [0.15, 0.2) is 0 Å². The second-order valence-corrected chi connectivity index (χ2v) is 7.24. The molecule has 2 aliphatic rings. The predicted octanol–water partition coefficient (Wildman–Crippen LogP) is 2.96.